The molecule has 0 fully saturated rings. The van der Waals surface area contributed by atoms with Gasteiger partial charge in [0, 0.05) is 5.56 Å². The molecule has 0 amide bonds. The second kappa shape index (κ2) is 5.56. The average molecular weight is 295 g/mol. The van der Waals surface area contributed by atoms with Crippen LogP contribution >= 0.6 is 0 Å². The SMILES string of the molecule is Cc1ccc(C2=N/C(=C/c3ccc(F)cc3)C(=O)O2)cc1C. The molecule has 0 spiro atoms. The number of aliphatic imine (C=N–C) groups is 1. The van der Waals surface area contributed by atoms with Gasteiger partial charge >= 0.3 is 5.97 Å². The van der Waals surface area contributed by atoms with Crippen molar-refractivity contribution in [1.82, 2.24) is 0 Å². The molecule has 2 aromatic rings. The van der Waals surface area contributed by atoms with Crippen molar-refractivity contribution in [3.05, 3.63) is 76.2 Å². The summed E-state index contributed by atoms with van der Waals surface area (Å²) in [7, 11) is 0. The maximum Gasteiger partial charge on any atom is 0.363 e. The number of benzene rings is 2. The van der Waals surface area contributed by atoms with E-state index in [1.165, 1.54) is 12.1 Å². The van der Waals surface area contributed by atoms with Crippen molar-refractivity contribution in [3.63, 3.8) is 0 Å². The van der Waals surface area contributed by atoms with Crippen LogP contribution < -0.4 is 0 Å². The van der Waals surface area contributed by atoms with E-state index >= 15 is 0 Å². The highest BCUT2D eigenvalue weighted by Crippen LogP contribution is 2.20. The van der Waals surface area contributed by atoms with Crippen LogP contribution in [0.5, 0.6) is 0 Å². The Morgan fingerprint density at radius 1 is 1.05 bits per heavy atom. The van der Waals surface area contributed by atoms with E-state index in [-0.39, 0.29) is 11.5 Å². The summed E-state index contributed by atoms with van der Waals surface area (Å²) in [5.41, 5.74) is 3.93. The number of ether oxygens (including phenoxy) is 1. The van der Waals surface area contributed by atoms with Gasteiger partial charge in [-0.2, -0.15) is 0 Å². The molecule has 3 rings (SSSR count). The predicted octanol–water partition coefficient (Wildman–Crippen LogP) is 3.79. The van der Waals surface area contributed by atoms with Gasteiger partial charge in [0.05, 0.1) is 0 Å². The summed E-state index contributed by atoms with van der Waals surface area (Å²) < 4.78 is 18.1. The van der Waals surface area contributed by atoms with Crippen LogP contribution in [0.2, 0.25) is 0 Å². The van der Waals surface area contributed by atoms with Crippen LogP contribution in [0, 0.1) is 19.7 Å². The van der Waals surface area contributed by atoms with Crippen molar-refractivity contribution in [2.75, 3.05) is 0 Å². The molecular formula is C18H14FNO2. The van der Waals surface area contributed by atoms with Crippen LogP contribution in [-0.2, 0) is 9.53 Å². The molecule has 0 N–H and O–H groups in total. The first-order chi connectivity index (χ1) is 10.5. The molecule has 0 saturated carbocycles. The third-order valence-corrected chi connectivity index (χ3v) is 3.55. The van der Waals surface area contributed by atoms with E-state index in [0.29, 0.717) is 11.5 Å². The molecule has 0 unspecified atom stereocenters. The number of hydrogen-bond donors (Lipinski definition) is 0. The lowest BCUT2D eigenvalue weighted by molar-refractivity contribution is -0.129. The van der Waals surface area contributed by atoms with Gasteiger partial charge in [-0.25, -0.2) is 14.2 Å². The first-order valence-electron chi connectivity index (χ1n) is 6.89. The van der Waals surface area contributed by atoms with Crippen LogP contribution in [0.4, 0.5) is 4.39 Å². The molecule has 0 aliphatic carbocycles. The van der Waals surface area contributed by atoms with E-state index in [1.807, 2.05) is 32.0 Å². The van der Waals surface area contributed by atoms with Crippen molar-refractivity contribution in [1.29, 1.82) is 0 Å². The zero-order chi connectivity index (χ0) is 15.7. The Hall–Kier alpha value is -2.75. The first kappa shape index (κ1) is 14.2. The van der Waals surface area contributed by atoms with Gasteiger partial charge in [-0.1, -0.05) is 18.2 Å². The minimum Gasteiger partial charge on any atom is -0.402 e. The number of halogens is 1. The summed E-state index contributed by atoms with van der Waals surface area (Å²) in [4.78, 5) is 16.1. The number of aryl methyl sites for hydroxylation is 2. The van der Waals surface area contributed by atoms with Crippen molar-refractivity contribution in [2.24, 2.45) is 4.99 Å². The lowest BCUT2D eigenvalue weighted by Crippen LogP contribution is -2.05. The second-order valence-corrected chi connectivity index (χ2v) is 5.19. The Morgan fingerprint density at radius 3 is 2.45 bits per heavy atom. The highest BCUT2D eigenvalue weighted by Gasteiger charge is 2.24. The molecule has 110 valence electrons. The second-order valence-electron chi connectivity index (χ2n) is 5.19. The Balaban J connectivity index is 1.94. The standard InChI is InChI=1S/C18H14FNO2/c1-11-3-6-14(9-12(11)2)17-20-16(18(21)22-17)10-13-4-7-15(19)8-5-13/h3-10H,1-2H3/b16-10+. The fourth-order valence-corrected chi connectivity index (χ4v) is 2.12. The van der Waals surface area contributed by atoms with Gasteiger partial charge in [0.25, 0.3) is 0 Å². The summed E-state index contributed by atoms with van der Waals surface area (Å²) in [6.45, 7) is 4.01. The topological polar surface area (TPSA) is 38.7 Å². The third-order valence-electron chi connectivity index (χ3n) is 3.55. The molecule has 22 heavy (non-hydrogen) atoms. The predicted molar refractivity (Wildman–Crippen MR) is 82.9 cm³/mol. The van der Waals surface area contributed by atoms with Crippen LogP contribution in [0.25, 0.3) is 6.08 Å². The van der Waals surface area contributed by atoms with Gasteiger partial charge in [-0.3, -0.25) is 0 Å². The molecule has 4 heteroatoms. The highest BCUT2D eigenvalue weighted by atomic mass is 19.1. The summed E-state index contributed by atoms with van der Waals surface area (Å²) in [5.74, 6) is -0.533. The molecule has 0 atom stereocenters. The summed E-state index contributed by atoms with van der Waals surface area (Å²) in [6.07, 6.45) is 1.58. The molecule has 2 aromatic carbocycles. The van der Waals surface area contributed by atoms with Crippen molar-refractivity contribution in [3.8, 4) is 0 Å². The maximum atomic E-state index is 12.9. The van der Waals surface area contributed by atoms with Crippen molar-refractivity contribution in [2.45, 2.75) is 13.8 Å². The normalized spacial score (nSPS) is 15.9. The van der Waals surface area contributed by atoms with Gasteiger partial charge in [0.1, 0.15) is 5.82 Å². The number of esters is 1. The van der Waals surface area contributed by atoms with E-state index in [9.17, 15) is 9.18 Å². The van der Waals surface area contributed by atoms with Crippen molar-refractivity contribution >= 4 is 17.9 Å². The molecule has 1 aliphatic rings. The number of nitrogens with zero attached hydrogens (tertiary/aromatic N) is 1. The molecule has 1 aliphatic heterocycles. The zero-order valence-corrected chi connectivity index (χ0v) is 12.3. The quantitative estimate of drug-likeness (QED) is 0.624. The van der Waals surface area contributed by atoms with Gasteiger partial charge < -0.3 is 4.74 Å². The van der Waals surface area contributed by atoms with E-state index in [2.05, 4.69) is 4.99 Å². The van der Waals surface area contributed by atoms with Gasteiger partial charge in [0.2, 0.25) is 5.90 Å². The van der Waals surface area contributed by atoms with E-state index in [4.69, 9.17) is 4.74 Å². The molecule has 1 heterocycles. The molecule has 0 radical (unpaired) electrons. The molecular weight excluding hydrogens is 281 g/mol. The van der Waals surface area contributed by atoms with Crippen LogP contribution in [0.15, 0.2) is 53.2 Å². The van der Waals surface area contributed by atoms with Crippen LogP contribution in [0.3, 0.4) is 0 Å². The number of carbonyl (C=O) groups excluding carboxylic acids is 1. The number of cyclic esters (lactones) is 1. The van der Waals surface area contributed by atoms with Gasteiger partial charge in [0.15, 0.2) is 5.70 Å². The molecule has 3 nitrogen and oxygen atoms in total. The fourth-order valence-electron chi connectivity index (χ4n) is 2.12. The van der Waals surface area contributed by atoms with E-state index in [0.717, 1.165) is 16.7 Å². The average Bonchev–Trinajstić information content (AvgIpc) is 2.85. The molecule has 0 bridgehead atoms. The number of rotatable bonds is 2. The third kappa shape index (κ3) is 2.81. The monoisotopic (exact) mass is 295 g/mol. The Bertz CT molecular complexity index is 804. The van der Waals surface area contributed by atoms with Gasteiger partial charge in [-0.05, 0) is 60.9 Å². The van der Waals surface area contributed by atoms with E-state index < -0.39 is 5.97 Å². The highest BCUT2D eigenvalue weighted by molar-refractivity contribution is 6.12. The Labute approximate surface area is 127 Å². The summed E-state index contributed by atoms with van der Waals surface area (Å²) in [6, 6.07) is 11.6. The van der Waals surface area contributed by atoms with Crippen molar-refractivity contribution < 1.29 is 13.9 Å². The molecule has 0 aromatic heterocycles. The minimum absolute atomic E-state index is 0.208. The van der Waals surface area contributed by atoms with Crippen LogP contribution in [0.1, 0.15) is 22.3 Å². The number of carbonyl (C=O) groups is 1. The summed E-state index contributed by atoms with van der Waals surface area (Å²) >= 11 is 0. The molecule has 0 saturated heterocycles. The fraction of sp³-hybridized carbons (Fsp3) is 0.111. The lowest BCUT2D eigenvalue weighted by Gasteiger charge is -2.03. The van der Waals surface area contributed by atoms with Gasteiger partial charge in [-0.15, -0.1) is 0 Å². The smallest absolute Gasteiger partial charge is 0.363 e. The lowest BCUT2D eigenvalue weighted by atomic mass is 10.1. The number of hydrogen-bond acceptors (Lipinski definition) is 3. The largest absolute Gasteiger partial charge is 0.402 e. The Morgan fingerprint density at radius 2 is 1.77 bits per heavy atom. The van der Waals surface area contributed by atoms with Crippen LogP contribution in [-0.4, -0.2) is 11.9 Å². The Kier molecular flexibility index (Phi) is 3.59. The maximum absolute atomic E-state index is 12.9. The summed E-state index contributed by atoms with van der Waals surface area (Å²) in [5, 5.41) is 0. The minimum atomic E-state index is -0.502. The van der Waals surface area contributed by atoms with E-state index in [1.54, 1.807) is 18.2 Å². The first-order valence-corrected chi connectivity index (χ1v) is 6.89. The zero-order valence-electron chi connectivity index (χ0n) is 12.3.